The zero-order valence-electron chi connectivity index (χ0n) is 12.3. The van der Waals surface area contributed by atoms with Crippen molar-refractivity contribution < 1.29 is 4.79 Å². The van der Waals surface area contributed by atoms with E-state index in [-0.39, 0.29) is 5.91 Å². The lowest BCUT2D eigenvalue weighted by molar-refractivity contribution is -0.114. The largest absolute Gasteiger partial charge is 0.311 e. The number of rotatable bonds is 2. The average molecular weight is 304 g/mol. The molecule has 4 rings (SSSR count). The third kappa shape index (κ3) is 2.28. The zero-order valence-corrected chi connectivity index (χ0v) is 12.3. The molecule has 0 saturated heterocycles. The van der Waals surface area contributed by atoms with Gasteiger partial charge in [-0.3, -0.25) is 4.79 Å². The van der Waals surface area contributed by atoms with E-state index in [4.69, 9.17) is 0 Å². The lowest BCUT2D eigenvalue weighted by Crippen LogP contribution is -2.08. The summed E-state index contributed by atoms with van der Waals surface area (Å²) in [5, 5.41) is 15.5. The summed E-state index contributed by atoms with van der Waals surface area (Å²) in [6.45, 7) is 1.44. The number of benzene rings is 1. The van der Waals surface area contributed by atoms with Gasteiger partial charge in [0.05, 0.1) is 0 Å². The molecule has 23 heavy (non-hydrogen) atoms. The molecule has 0 spiro atoms. The summed E-state index contributed by atoms with van der Waals surface area (Å²) in [6.07, 6.45) is 0. The van der Waals surface area contributed by atoms with Crippen LogP contribution in [0.25, 0.3) is 27.8 Å². The van der Waals surface area contributed by atoms with E-state index in [1.54, 1.807) is 10.6 Å². The van der Waals surface area contributed by atoms with Crippen molar-refractivity contribution in [3.05, 3.63) is 48.5 Å². The third-order valence-corrected chi connectivity index (χ3v) is 3.51. The number of fused-ring (bicyclic) bond motifs is 3. The van der Waals surface area contributed by atoms with Crippen LogP contribution in [0.15, 0.2) is 48.5 Å². The SMILES string of the molecule is CC(=O)Nc1ccc2cc(-c3ccccc3)c3nnnn3c2n1. The summed E-state index contributed by atoms with van der Waals surface area (Å²) in [4.78, 5) is 15.6. The van der Waals surface area contributed by atoms with E-state index in [1.165, 1.54) is 6.92 Å². The van der Waals surface area contributed by atoms with Crippen LogP contribution in [-0.4, -0.2) is 30.9 Å². The first kappa shape index (κ1) is 13.3. The highest BCUT2D eigenvalue weighted by atomic mass is 16.1. The van der Waals surface area contributed by atoms with Crippen molar-refractivity contribution in [3.63, 3.8) is 0 Å². The van der Waals surface area contributed by atoms with Gasteiger partial charge in [0, 0.05) is 17.9 Å². The number of amides is 1. The van der Waals surface area contributed by atoms with Crippen LogP contribution in [-0.2, 0) is 4.79 Å². The Morgan fingerprint density at radius 1 is 1.09 bits per heavy atom. The molecule has 0 fully saturated rings. The monoisotopic (exact) mass is 304 g/mol. The standard InChI is InChI=1S/C16H12N6O/c1-10(23)17-14-8-7-12-9-13(11-5-3-2-4-6-11)16-19-20-21-22(16)15(12)18-14/h2-9H,1H3,(H,17,18,23). The molecule has 112 valence electrons. The van der Waals surface area contributed by atoms with Crippen LogP contribution in [0.3, 0.4) is 0 Å². The second-order valence-corrected chi connectivity index (χ2v) is 5.13. The predicted molar refractivity (Wildman–Crippen MR) is 85.8 cm³/mol. The number of pyridine rings is 2. The maximum absolute atomic E-state index is 11.2. The van der Waals surface area contributed by atoms with E-state index in [1.807, 2.05) is 42.5 Å². The molecule has 3 aromatic heterocycles. The number of hydrogen-bond acceptors (Lipinski definition) is 5. The Kier molecular flexibility index (Phi) is 2.97. The first-order valence-corrected chi connectivity index (χ1v) is 7.07. The maximum atomic E-state index is 11.2. The molecule has 0 aliphatic heterocycles. The van der Waals surface area contributed by atoms with E-state index < -0.39 is 0 Å². The molecule has 7 nitrogen and oxygen atoms in total. The number of aromatic nitrogens is 5. The van der Waals surface area contributed by atoms with E-state index in [0.717, 1.165) is 16.5 Å². The van der Waals surface area contributed by atoms with Gasteiger partial charge in [0.1, 0.15) is 5.82 Å². The van der Waals surface area contributed by atoms with E-state index in [2.05, 4.69) is 25.8 Å². The molecular weight excluding hydrogens is 292 g/mol. The second-order valence-electron chi connectivity index (χ2n) is 5.13. The minimum absolute atomic E-state index is 0.175. The van der Waals surface area contributed by atoms with Gasteiger partial charge in [0.25, 0.3) is 0 Å². The molecule has 7 heteroatoms. The molecule has 0 aliphatic rings. The fraction of sp³-hybridized carbons (Fsp3) is 0.0625. The minimum atomic E-state index is -0.175. The van der Waals surface area contributed by atoms with Crippen molar-refractivity contribution in [3.8, 4) is 11.1 Å². The molecule has 0 unspecified atom stereocenters. The highest BCUT2D eigenvalue weighted by Gasteiger charge is 2.13. The minimum Gasteiger partial charge on any atom is -0.311 e. The Morgan fingerprint density at radius 2 is 1.91 bits per heavy atom. The number of nitrogens with zero attached hydrogens (tertiary/aromatic N) is 5. The smallest absolute Gasteiger partial charge is 0.222 e. The van der Waals surface area contributed by atoms with Crippen molar-refractivity contribution >= 4 is 28.4 Å². The number of carbonyl (C=O) groups is 1. The highest BCUT2D eigenvalue weighted by Crippen LogP contribution is 2.27. The molecule has 0 saturated carbocycles. The molecule has 0 atom stereocenters. The van der Waals surface area contributed by atoms with Crippen LogP contribution in [0.5, 0.6) is 0 Å². The van der Waals surface area contributed by atoms with Gasteiger partial charge in [-0.1, -0.05) is 30.3 Å². The van der Waals surface area contributed by atoms with Gasteiger partial charge in [-0.05, 0) is 34.2 Å². The van der Waals surface area contributed by atoms with Crippen molar-refractivity contribution in [1.29, 1.82) is 0 Å². The predicted octanol–water partition coefficient (Wildman–Crippen LogP) is 2.30. The number of carbonyl (C=O) groups excluding carboxylic acids is 1. The highest BCUT2D eigenvalue weighted by molar-refractivity contribution is 5.92. The van der Waals surface area contributed by atoms with Crippen LogP contribution >= 0.6 is 0 Å². The molecule has 4 aromatic rings. The van der Waals surface area contributed by atoms with Crippen LogP contribution in [0.2, 0.25) is 0 Å². The van der Waals surface area contributed by atoms with Crippen LogP contribution < -0.4 is 5.32 Å². The average Bonchev–Trinajstić information content (AvgIpc) is 3.04. The Balaban J connectivity index is 2.00. The Labute approximate surface area is 131 Å². The Bertz CT molecular complexity index is 1020. The normalized spacial score (nSPS) is 11.0. The van der Waals surface area contributed by atoms with Crippen LogP contribution in [0, 0.1) is 0 Å². The molecule has 0 bridgehead atoms. The number of tetrazole rings is 1. The lowest BCUT2D eigenvalue weighted by atomic mass is 10.1. The molecule has 1 aromatic carbocycles. The first-order chi connectivity index (χ1) is 11.2. The summed E-state index contributed by atoms with van der Waals surface area (Å²) in [6, 6.07) is 15.6. The van der Waals surface area contributed by atoms with E-state index in [0.29, 0.717) is 17.1 Å². The second kappa shape index (κ2) is 5.13. The van der Waals surface area contributed by atoms with Crippen molar-refractivity contribution in [2.75, 3.05) is 5.32 Å². The summed E-state index contributed by atoms with van der Waals surface area (Å²) in [7, 11) is 0. The lowest BCUT2D eigenvalue weighted by Gasteiger charge is -2.07. The molecule has 1 N–H and O–H groups in total. The van der Waals surface area contributed by atoms with Gasteiger partial charge < -0.3 is 5.32 Å². The summed E-state index contributed by atoms with van der Waals surface area (Å²) < 4.78 is 1.59. The summed E-state index contributed by atoms with van der Waals surface area (Å²) in [5.41, 5.74) is 3.17. The van der Waals surface area contributed by atoms with Gasteiger partial charge >= 0.3 is 0 Å². The molecule has 0 radical (unpaired) electrons. The third-order valence-electron chi connectivity index (χ3n) is 3.51. The number of anilines is 1. The van der Waals surface area contributed by atoms with E-state index >= 15 is 0 Å². The van der Waals surface area contributed by atoms with Crippen LogP contribution in [0.4, 0.5) is 5.82 Å². The Hall–Kier alpha value is -3.35. The van der Waals surface area contributed by atoms with Gasteiger partial charge in [-0.2, -0.15) is 4.52 Å². The van der Waals surface area contributed by atoms with E-state index in [9.17, 15) is 4.79 Å². The zero-order chi connectivity index (χ0) is 15.8. The maximum Gasteiger partial charge on any atom is 0.222 e. The van der Waals surface area contributed by atoms with Crippen molar-refractivity contribution in [2.24, 2.45) is 0 Å². The Morgan fingerprint density at radius 3 is 2.70 bits per heavy atom. The van der Waals surface area contributed by atoms with Gasteiger partial charge in [-0.15, -0.1) is 5.10 Å². The van der Waals surface area contributed by atoms with Crippen LogP contribution in [0.1, 0.15) is 6.92 Å². The first-order valence-electron chi connectivity index (χ1n) is 7.07. The van der Waals surface area contributed by atoms with Gasteiger partial charge in [0.15, 0.2) is 11.3 Å². The molecular formula is C16H12N6O. The molecule has 1 amide bonds. The van der Waals surface area contributed by atoms with Crippen molar-refractivity contribution in [1.82, 2.24) is 25.0 Å². The molecule has 3 heterocycles. The van der Waals surface area contributed by atoms with Gasteiger partial charge in [0.2, 0.25) is 5.91 Å². The molecule has 0 aliphatic carbocycles. The van der Waals surface area contributed by atoms with Gasteiger partial charge in [-0.25, -0.2) is 4.98 Å². The topological polar surface area (TPSA) is 85.1 Å². The summed E-state index contributed by atoms with van der Waals surface area (Å²) in [5.74, 6) is 0.292. The quantitative estimate of drug-likeness (QED) is 0.614. The number of nitrogens with one attached hydrogen (secondary N) is 1. The number of hydrogen-bond donors (Lipinski definition) is 1. The fourth-order valence-electron chi connectivity index (χ4n) is 2.54. The van der Waals surface area contributed by atoms with Crippen molar-refractivity contribution in [2.45, 2.75) is 6.92 Å². The summed E-state index contributed by atoms with van der Waals surface area (Å²) >= 11 is 0. The fourth-order valence-corrected chi connectivity index (χ4v) is 2.54.